The quantitative estimate of drug-likeness (QED) is 0.244. The van der Waals surface area contributed by atoms with Crippen molar-refractivity contribution < 1.29 is 4.79 Å². The van der Waals surface area contributed by atoms with Gasteiger partial charge in [0.1, 0.15) is 0 Å². The fourth-order valence-corrected chi connectivity index (χ4v) is 5.33. The smallest absolute Gasteiger partial charge is 0.255 e. The molecule has 5 aromatic rings. The van der Waals surface area contributed by atoms with E-state index in [0.717, 1.165) is 44.9 Å². The van der Waals surface area contributed by atoms with Crippen LogP contribution >= 0.6 is 0 Å². The van der Waals surface area contributed by atoms with Gasteiger partial charge < -0.3 is 5.32 Å². The number of aryl methyl sites for hydroxylation is 1. The number of pyridine rings is 2. The fraction of sp³-hybridized carbons (Fsp3) is 0.114. The largest absolute Gasteiger partial charge is 0.322 e. The van der Waals surface area contributed by atoms with E-state index >= 15 is 0 Å². The van der Waals surface area contributed by atoms with Crippen LogP contribution in [0, 0.1) is 12.8 Å². The topological polar surface area (TPSA) is 64.0 Å². The van der Waals surface area contributed by atoms with E-state index in [-0.39, 0.29) is 11.5 Å². The number of allylic oxidation sites excluding steroid dienone is 2. The standard InChI is InChI=1S/C35H29N3O2/c1-4-33(39)37-32-20-29(14-10-23(32)3)38-34(40)16-13-27-21-36-31-15-12-26(19-30(31)35(27)38)28-17-22(2)9-11-24-7-5-6-8-25(24)18-28/h4-8,10-22H,1,9H2,2-3H3,(H,37,39). The number of carbonyl (C=O) groups excluding carboxylic acids is 1. The summed E-state index contributed by atoms with van der Waals surface area (Å²) in [7, 11) is 0. The lowest BCUT2D eigenvalue weighted by Gasteiger charge is -2.16. The van der Waals surface area contributed by atoms with E-state index in [1.807, 2.05) is 37.3 Å². The number of nitrogens with zero attached hydrogens (tertiary/aromatic N) is 2. The van der Waals surface area contributed by atoms with Crippen molar-refractivity contribution in [3.63, 3.8) is 0 Å². The van der Waals surface area contributed by atoms with Crippen molar-refractivity contribution in [3.05, 3.63) is 130 Å². The third-order valence-corrected chi connectivity index (χ3v) is 7.45. The lowest BCUT2D eigenvalue weighted by molar-refractivity contribution is -0.111. The van der Waals surface area contributed by atoms with Crippen LogP contribution in [0.2, 0.25) is 0 Å². The minimum atomic E-state index is -0.304. The zero-order valence-electron chi connectivity index (χ0n) is 22.5. The highest BCUT2D eigenvalue weighted by atomic mass is 16.1. The molecular formula is C35H29N3O2. The molecule has 3 aromatic carbocycles. The van der Waals surface area contributed by atoms with E-state index in [1.165, 1.54) is 16.5 Å². The predicted octanol–water partition coefficient (Wildman–Crippen LogP) is 5.66. The number of anilines is 1. The number of benzene rings is 3. The Morgan fingerprint density at radius 2 is 1.88 bits per heavy atom. The van der Waals surface area contributed by atoms with Gasteiger partial charge >= 0.3 is 0 Å². The fourth-order valence-electron chi connectivity index (χ4n) is 5.33. The van der Waals surface area contributed by atoms with Crippen LogP contribution in [-0.2, 0) is 4.79 Å². The summed E-state index contributed by atoms with van der Waals surface area (Å²) in [5.74, 6) is 0.0674. The first-order chi connectivity index (χ1) is 19.4. The molecule has 0 radical (unpaired) electrons. The molecule has 0 spiro atoms. The van der Waals surface area contributed by atoms with Crippen LogP contribution in [0.4, 0.5) is 5.69 Å². The molecule has 0 saturated heterocycles. The SMILES string of the molecule is C=CC(=O)Nc1cc(-n2c(=O)ccc3cnc4ccc(C5=CC(C)CC=c6ccccc6=C5)cc4c32)ccc1C. The van der Waals surface area contributed by atoms with Gasteiger partial charge in [0, 0.05) is 28.7 Å². The molecule has 2 aromatic heterocycles. The monoisotopic (exact) mass is 523 g/mol. The molecule has 6 rings (SSSR count). The van der Waals surface area contributed by atoms with Gasteiger partial charge in [-0.1, -0.05) is 62.1 Å². The van der Waals surface area contributed by atoms with Gasteiger partial charge in [-0.2, -0.15) is 0 Å². The second-order valence-electron chi connectivity index (χ2n) is 10.3. The van der Waals surface area contributed by atoms with Crippen LogP contribution < -0.4 is 21.3 Å². The summed E-state index contributed by atoms with van der Waals surface area (Å²) in [5, 5.41) is 7.01. The lowest BCUT2D eigenvalue weighted by Crippen LogP contribution is -2.24. The third-order valence-electron chi connectivity index (χ3n) is 7.45. The molecule has 2 heterocycles. The van der Waals surface area contributed by atoms with Crippen molar-refractivity contribution in [3.8, 4) is 5.69 Å². The Balaban J connectivity index is 1.61. The van der Waals surface area contributed by atoms with Gasteiger partial charge in [-0.15, -0.1) is 0 Å². The number of nitrogens with one attached hydrogen (secondary N) is 1. The summed E-state index contributed by atoms with van der Waals surface area (Å²) in [6.45, 7) is 7.69. The van der Waals surface area contributed by atoms with E-state index in [0.29, 0.717) is 17.3 Å². The maximum Gasteiger partial charge on any atom is 0.255 e. The minimum absolute atomic E-state index is 0.162. The molecule has 0 fully saturated rings. The summed E-state index contributed by atoms with van der Waals surface area (Å²) >= 11 is 0. The first-order valence-corrected chi connectivity index (χ1v) is 13.4. The van der Waals surface area contributed by atoms with Crippen LogP contribution in [0.25, 0.3) is 45.2 Å². The minimum Gasteiger partial charge on any atom is -0.322 e. The van der Waals surface area contributed by atoms with Crippen LogP contribution in [0.15, 0.2) is 103 Å². The van der Waals surface area contributed by atoms with Gasteiger partial charge in [-0.3, -0.25) is 19.1 Å². The van der Waals surface area contributed by atoms with Crippen molar-refractivity contribution in [2.75, 3.05) is 5.32 Å². The van der Waals surface area contributed by atoms with E-state index in [4.69, 9.17) is 4.98 Å². The molecule has 5 heteroatoms. The van der Waals surface area contributed by atoms with Crippen molar-refractivity contribution >= 4 is 51.1 Å². The van der Waals surface area contributed by atoms with Gasteiger partial charge in [-0.05, 0) is 88.9 Å². The van der Waals surface area contributed by atoms with Gasteiger partial charge in [0.2, 0.25) is 5.91 Å². The second kappa shape index (κ2) is 10.3. The maximum atomic E-state index is 13.4. The summed E-state index contributed by atoms with van der Waals surface area (Å²) < 4.78 is 1.70. The average Bonchev–Trinajstić information content (AvgIpc) is 2.96. The highest BCUT2D eigenvalue weighted by Crippen LogP contribution is 2.30. The third kappa shape index (κ3) is 4.67. The first kappa shape index (κ1) is 25.3. The molecule has 40 heavy (non-hydrogen) atoms. The van der Waals surface area contributed by atoms with Crippen LogP contribution in [0.5, 0.6) is 0 Å². The Kier molecular flexibility index (Phi) is 6.48. The normalized spacial score (nSPS) is 14.8. The van der Waals surface area contributed by atoms with Crippen molar-refractivity contribution in [1.29, 1.82) is 0 Å². The van der Waals surface area contributed by atoms with Crippen molar-refractivity contribution in [1.82, 2.24) is 9.55 Å². The molecule has 0 aliphatic heterocycles. The number of hydrogen-bond acceptors (Lipinski definition) is 3. The number of fused-ring (bicyclic) bond motifs is 4. The van der Waals surface area contributed by atoms with E-state index in [9.17, 15) is 9.59 Å². The number of hydrogen-bond donors (Lipinski definition) is 1. The maximum absolute atomic E-state index is 13.4. The van der Waals surface area contributed by atoms with Gasteiger partial charge in [-0.25, -0.2) is 0 Å². The molecule has 1 aliphatic carbocycles. The molecule has 1 unspecified atom stereocenters. The molecular weight excluding hydrogens is 494 g/mol. The number of aromatic nitrogens is 2. The zero-order chi connectivity index (χ0) is 27.8. The Morgan fingerprint density at radius 1 is 1.05 bits per heavy atom. The zero-order valence-corrected chi connectivity index (χ0v) is 22.5. The Labute approximate surface area is 232 Å². The van der Waals surface area contributed by atoms with Crippen LogP contribution in [0.1, 0.15) is 24.5 Å². The van der Waals surface area contributed by atoms with Crippen molar-refractivity contribution in [2.24, 2.45) is 5.92 Å². The Morgan fingerprint density at radius 3 is 2.70 bits per heavy atom. The molecule has 1 atom stereocenters. The highest BCUT2D eigenvalue weighted by molar-refractivity contribution is 6.06. The van der Waals surface area contributed by atoms with Gasteiger partial charge in [0.05, 0.1) is 16.7 Å². The summed E-state index contributed by atoms with van der Waals surface area (Å²) in [6.07, 6.45) is 10.8. The predicted molar refractivity (Wildman–Crippen MR) is 165 cm³/mol. The molecule has 5 nitrogen and oxygen atoms in total. The number of amides is 1. The lowest BCUT2D eigenvalue weighted by atomic mass is 9.94. The molecule has 1 amide bonds. The first-order valence-electron chi connectivity index (χ1n) is 13.4. The second-order valence-corrected chi connectivity index (χ2v) is 10.3. The van der Waals surface area contributed by atoms with E-state index in [2.05, 4.69) is 73.4 Å². The molecule has 1 N–H and O–H groups in total. The van der Waals surface area contributed by atoms with Crippen molar-refractivity contribution in [2.45, 2.75) is 20.3 Å². The Bertz CT molecular complexity index is 2050. The molecule has 0 bridgehead atoms. The van der Waals surface area contributed by atoms with Crippen LogP contribution in [-0.4, -0.2) is 15.5 Å². The molecule has 1 aliphatic rings. The van der Waals surface area contributed by atoms with E-state index in [1.54, 1.807) is 16.8 Å². The van der Waals surface area contributed by atoms with Gasteiger partial charge in [0.15, 0.2) is 0 Å². The number of rotatable bonds is 4. The van der Waals surface area contributed by atoms with E-state index < -0.39 is 0 Å². The summed E-state index contributed by atoms with van der Waals surface area (Å²) in [6, 6.07) is 23.7. The number of carbonyl (C=O) groups is 1. The molecule has 196 valence electrons. The highest BCUT2D eigenvalue weighted by Gasteiger charge is 2.14. The van der Waals surface area contributed by atoms with Gasteiger partial charge in [0.25, 0.3) is 5.56 Å². The summed E-state index contributed by atoms with van der Waals surface area (Å²) in [4.78, 5) is 30.2. The van der Waals surface area contributed by atoms with Crippen LogP contribution in [0.3, 0.4) is 0 Å². The Hall–Kier alpha value is -5.03. The molecule has 0 saturated carbocycles. The average molecular weight is 524 g/mol. The summed E-state index contributed by atoms with van der Waals surface area (Å²) in [5.41, 5.74) is 5.80.